The number of amides is 2. The van der Waals surface area contributed by atoms with E-state index in [-0.39, 0.29) is 12.2 Å². The van der Waals surface area contributed by atoms with E-state index in [0.29, 0.717) is 16.7 Å². The minimum Gasteiger partial charge on any atom is -0.453 e. The van der Waals surface area contributed by atoms with Crippen molar-refractivity contribution in [3.63, 3.8) is 0 Å². The number of alkyl halides is 3. The zero-order valence-electron chi connectivity index (χ0n) is 14.2. The van der Waals surface area contributed by atoms with Crippen LogP contribution in [0.3, 0.4) is 0 Å². The Balaban J connectivity index is 2.06. The summed E-state index contributed by atoms with van der Waals surface area (Å²) in [7, 11) is 1.13. The highest BCUT2D eigenvalue weighted by Crippen LogP contribution is 2.28. The summed E-state index contributed by atoms with van der Waals surface area (Å²) in [4.78, 5) is 22.7. The lowest BCUT2D eigenvalue weighted by Gasteiger charge is -2.12. The third kappa shape index (κ3) is 6.30. The first-order valence-electron chi connectivity index (χ1n) is 7.77. The first-order chi connectivity index (χ1) is 12.7. The number of benzene rings is 2. The average Bonchev–Trinajstić information content (AvgIpc) is 2.61. The second-order valence-corrected chi connectivity index (χ2v) is 5.56. The Morgan fingerprint density at radius 1 is 1.11 bits per heavy atom. The molecule has 0 aliphatic rings. The Hall–Kier alpha value is -3.07. The van der Waals surface area contributed by atoms with E-state index in [0.717, 1.165) is 7.11 Å². The highest BCUT2D eigenvalue weighted by molar-refractivity contribution is 5.94. The molecular weight excluding hydrogens is 365 g/mol. The number of hydrogen-bond acceptors (Lipinski definition) is 5. The lowest BCUT2D eigenvalue weighted by Crippen LogP contribution is -2.44. The van der Waals surface area contributed by atoms with Crippen LogP contribution in [0, 0.1) is 0 Å². The Bertz CT molecular complexity index is 807. The summed E-state index contributed by atoms with van der Waals surface area (Å²) in [6, 6.07) is 11.4. The number of hydrogen-bond donors (Lipinski definition) is 2. The van der Waals surface area contributed by atoms with Gasteiger partial charge in [-0.15, -0.1) is 13.2 Å². The van der Waals surface area contributed by atoms with Crippen molar-refractivity contribution >= 4 is 12.0 Å². The molecule has 2 aromatic rings. The van der Waals surface area contributed by atoms with Gasteiger partial charge in [0.25, 0.3) is 0 Å². The number of nitrogens with two attached hydrogens (primary N) is 1. The maximum atomic E-state index is 12.3. The molecule has 2 aromatic carbocycles. The number of rotatable bonds is 5. The number of carbonyl (C=O) groups is 2. The molecule has 27 heavy (non-hydrogen) atoms. The first-order valence-corrected chi connectivity index (χ1v) is 7.77. The second-order valence-electron chi connectivity index (χ2n) is 5.56. The molecule has 9 heteroatoms. The summed E-state index contributed by atoms with van der Waals surface area (Å²) >= 11 is 0. The Labute approximate surface area is 153 Å². The smallest absolute Gasteiger partial charge is 0.453 e. The van der Waals surface area contributed by atoms with Crippen molar-refractivity contribution in [3.05, 3.63) is 54.1 Å². The number of ether oxygens (including phenoxy) is 2. The van der Waals surface area contributed by atoms with Crippen molar-refractivity contribution in [1.29, 1.82) is 0 Å². The molecule has 1 atom stereocenters. The van der Waals surface area contributed by atoms with Gasteiger partial charge in [0.15, 0.2) is 0 Å². The minimum absolute atomic E-state index is 0.167. The van der Waals surface area contributed by atoms with Gasteiger partial charge < -0.3 is 15.2 Å². The maximum Gasteiger partial charge on any atom is 0.573 e. The van der Waals surface area contributed by atoms with E-state index < -0.39 is 24.4 Å². The third-order valence-electron chi connectivity index (χ3n) is 3.56. The van der Waals surface area contributed by atoms with E-state index in [1.807, 2.05) is 5.32 Å². The summed E-state index contributed by atoms with van der Waals surface area (Å²) in [5.41, 5.74) is 7.66. The number of imide groups is 1. The number of methoxy groups -OCH3 is 1. The molecule has 3 N–H and O–H groups in total. The van der Waals surface area contributed by atoms with Crippen molar-refractivity contribution in [2.75, 3.05) is 7.11 Å². The number of alkyl carbamates (subject to hydrolysis) is 1. The van der Waals surface area contributed by atoms with Gasteiger partial charge in [-0.2, -0.15) is 0 Å². The minimum atomic E-state index is -4.76. The zero-order valence-corrected chi connectivity index (χ0v) is 14.2. The van der Waals surface area contributed by atoms with Crippen LogP contribution in [0.25, 0.3) is 11.1 Å². The fourth-order valence-electron chi connectivity index (χ4n) is 2.30. The highest BCUT2D eigenvalue weighted by atomic mass is 19.4. The van der Waals surface area contributed by atoms with E-state index in [1.165, 1.54) is 18.2 Å². The normalized spacial score (nSPS) is 12.2. The summed E-state index contributed by atoms with van der Waals surface area (Å²) in [5.74, 6) is -0.992. The molecule has 6 nitrogen and oxygen atoms in total. The molecule has 0 bridgehead atoms. The van der Waals surface area contributed by atoms with Crippen molar-refractivity contribution < 1.29 is 32.2 Å². The van der Waals surface area contributed by atoms with Gasteiger partial charge in [0.1, 0.15) is 5.75 Å². The van der Waals surface area contributed by atoms with Crippen LogP contribution in [0.4, 0.5) is 18.0 Å². The molecule has 0 spiro atoms. The molecular formula is C18H17F3N2O4. The standard InChI is InChI=1S/C18H17F3N2O4/c1-26-17(25)23-16(24)15(22)9-11-5-7-12(8-6-11)13-3-2-4-14(10-13)27-18(19,20)21/h2-8,10,15H,9,22H2,1H3,(H,23,24,25)/t15-/m0/s1. The van der Waals surface area contributed by atoms with Gasteiger partial charge in [-0.05, 0) is 35.2 Å². The van der Waals surface area contributed by atoms with Crippen LogP contribution < -0.4 is 15.8 Å². The van der Waals surface area contributed by atoms with Gasteiger partial charge in [-0.3, -0.25) is 10.1 Å². The van der Waals surface area contributed by atoms with Crippen LogP contribution in [0.5, 0.6) is 5.75 Å². The fourth-order valence-corrected chi connectivity index (χ4v) is 2.30. The Morgan fingerprint density at radius 3 is 2.37 bits per heavy atom. The van der Waals surface area contributed by atoms with Crippen LogP contribution >= 0.6 is 0 Å². The van der Waals surface area contributed by atoms with Crippen molar-refractivity contribution in [1.82, 2.24) is 5.32 Å². The van der Waals surface area contributed by atoms with Gasteiger partial charge >= 0.3 is 12.5 Å². The molecule has 2 rings (SSSR count). The summed E-state index contributed by atoms with van der Waals surface area (Å²) < 4.78 is 45.2. The molecule has 0 radical (unpaired) electrons. The lowest BCUT2D eigenvalue weighted by atomic mass is 10.0. The average molecular weight is 382 g/mol. The summed E-state index contributed by atoms with van der Waals surface area (Å²) in [6.45, 7) is 0. The molecule has 144 valence electrons. The molecule has 0 heterocycles. The monoisotopic (exact) mass is 382 g/mol. The zero-order chi connectivity index (χ0) is 20.0. The van der Waals surface area contributed by atoms with Gasteiger partial charge in [-0.25, -0.2) is 4.79 Å². The molecule has 0 aliphatic carbocycles. The first kappa shape index (κ1) is 20.2. The lowest BCUT2D eigenvalue weighted by molar-refractivity contribution is -0.274. The number of carbonyl (C=O) groups excluding carboxylic acids is 2. The number of nitrogens with one attached hydrogen (secondary N) is 1. The molecule has 0 saturated heterocycles. The van der Waals surface area contributed by atoms with Crippen molar-refractivity contribution in [2.45, 2.75) is 18.8 Å². The Morgan fingerprint density at radius 2 is 1.78 bits per heavy atom. The molecule has 2 amide bonds. The van der Waals surface area contributed by atoms with Crippen LogP contribution in [0.2, 0.25) is 0 Å². The van der Waals surface area contributed by atoms with Crippen LogP contribution in [0.15, 0.2) is 48.5 Å². The maximum absolute atomic E-state index is 12.3. The third-order valence-corrected chi connectivity index (χ3v) is 3.56. The van der Waals surface area contributed by atoms with E-state index in [9.17, 15) is 22.8 Å². The second kappa shape index (κ2) is 8.54. The summed E-state index contributed by atoms with van der Waals surface area (Å²) in [5, 5.41) is 1.98. The van der Waals surface area contributed by atoms with Crippen molar-refractivity contribution in [2.24, 2.45) is 5.73 Å². The van der Waals surface area contributed by atoms with Crippen LogP contribution in [0.1, 0.15) is 5.56 Å². The molecule has 0 unspecified atom stereocenters. The highest BCUT2D eigenvalue weighted by Gasteiger charge is 2.31. The predicted octanol–water partition coefficient (Wildman–Crippen LogP) is 3.00. The van der Waals surface area contributed by atoms with E-state index in [1.54, 1.807) is 30.3 Å². The van der Waals surface area contributed by atoms with Crippen molar-refractivity contribution in [3.8, 4) is 16.9 Å². The Kier molecular flexibility index (Phi) is 6.40. The van der Waals surface area contributed by atoms with Gasteiger partial charge in [0.05, 0.1) is 13.2 Å². The molecule has 0 fully saturated rings. The van der Waals surface area contributed by atoms with Crippen LogP contribution in [-0.2, 0) is 16.0 Å². The number of halogens is 3. The van der Waals surface area contributed by atoms with E-state index in [4.69, 9.17) is 5.73 Å². The predicted molar refractivity (Wildman–Crippen MR) is 90.8 cm³/mol. The molecule has 0 aromatic heterocycles. The topological polar surface area (TPSA) is 90.7 Å². The quantitative estimate of drug-likeness (QED) is 0.830. The largest absolute Gasteiger partial charge is 0.573 e. The van der Waals surface area contributed by atoms with Gasteiger partial charge in [0, 0.05) is 0 Å². The SMILES string of the molecule is COC(=O)NC(=O)[C@@H](N)Cc1ccc(-c2cccc(OC(F)(F)F)c2)cc1. The van der Waals surface area contributed by atoms with E-state index in [2.05, 4.69) is 9.47 Å². The van der Waals surface area contributed by atoms with E-state index >= 15 is 0 Å². The van der Waals surface area contributed by atoms with Gasteiger partial charge in [0.2, 0.25) is 5.91 Å². The van der Waals surface area contributed by atoms with Gasteiger partial charge in [-0.1, -0.05) is 36.4 Å². The van der Waals surface area contributed by atoms with Crippen LogP contribution in [-0.4, -0.2) is 31.5 Å². The molecule has 0 aliphatic heterocycles. The molecule has 0 saturated carbocycles. The fraction of sp³-hybridized carbons (Fsp3) is 0.222. The summed E-state index contributed by atoms with van der Waals surface area (Å²) in [6.07, 6.45) is -5.49.